The first-order chi connectivity index (χ1) is 12.0. The van der Waals surface area contributed by atoms with E-state index in [-0.39, 0.29) is 22.9 Å². The largest absolute Gasteiger partial charge is 0.487 e. The van der Waals surface area contributed by atoms with Gasteiger partial charge in [-0.25, -0.2) is 8.42 Å². The molecule has 1 saturated carbocycles. The summed E-state index contributed by atoms with van der Waals surface area (Å²) >= 11 is 0. The Hall–Kier alpha value is -1.60. The second kappa shape index (κ2) is 6.29. The fourth-order valence-corrected chi connectivity index (χ4v) is 5.35. The lowest BCUT2D eigenvalue weighted by molar-refractivity contribution is -0.131. The Labute approximate surface area is 148 Å². The maximum Gasteiger partial charge on any atom is 0.246 e. The molecule has 25 heavy (non-hydrogen) atoms. The molecule has 3 aliphatic rings. The van der Waals surface area contributed by atoms with Crippen LogP contribution in [0, 0.1) is 5.92 Å². The molecule has 7 heteroatoms. The van der Waals surface area contributed by atoms with Crippen LogP contribution < -0.4 is 4.74 Å². The van der Waals surface area contributed by atoms with Crippen LogP contribution in [0.5, 0.6) is 5.75 Å². The van der Waals surface area contributed by atoms with Crippen molar-refractivity contribution in [3.63, 3.8) is 0 Å². The van der Waals surface area contributed by atoms with Gasteiger partial charge in [0.15, 0.2) is 0 Å². The number of hydrogen-bond donors (Lipinski definition) is 0. The highest BCUT2D eigenvalue weighted by Gasteiger charge is 2.41. The Morgan fingerprint density at radius 3 is 2.64 bits per heavy atom. The molecule has 2 heterocycles. The van der Waals surface area contributed by atoms with Crippen LogP contribution in [0.1, 0.15) is 32.1 Å². The standard InChI is InChI=1S/C18H24N2O4S/c1-19-14-8-10-20(18(21)12-13-6-7-13)11-9-15(14)24-16-4-2-3-5-17(16)25(19,22)23/h2-5,13-15H,6-12H2,1H3/t14-,15-/m1/s1. The average Bonchev–Trinajstić information content (AvgIpc) is 3.41. The molecule has 0 unspecified atom stereocenters. The lowest BCUT2D eigenvalue weighted by Gasteiger charge is -2.28. The first kappa shape index (κ1) is 16.8. The highest BCUT2D eigenvalue weighted by Crippen LogP contribution is 2.36. The van der Waals surface area contributed by atoms with Crippen molar-refractivity contribution >= 4 is 15.9 Å². The van der Waals surface area contributed by atoms with Crippen molar-refractivity contribution < 1.29 is 17.9 Å². The summed E-state index contributed by atoms with van der Waals surface area (Å²) in [6.07, 6.45) is 3.96. The quantitative estimate of drug-likeness (QED) is 0.803. The Kier molecular flexibility index (Phi) is 4.24. The number of amides is 1. The van der Waals surface area contributed by atoms with Crippen LogP contribution in [-0.2, 0) is 14.8 Å². The molecular formula is C18H24N2O4S. The van der Waals surface area contributed by atoms with Gasteiger partial charge in [0.1, 0.15) is 16.7 Å². The van der Waals surface area contributed by atoms with Gasteiger partial charge in [-0.2, -0.15) is 4.31 Å². The van der Waals surface area contributed by atoms with Crippen molar-refractivity contribution in [3.05, 3.63) is 24.3 Å². The number of ether oxygens (including phenoxy) is 1. The summed E-state index contributed by atoms with van der Waals surface area (Å²) in [5.41, 5.74) is 0. The number of likely N-dealkylation sites (N-methyl/N-ethyl adjacent to an activating group) is 1. The number of sulfonamides is 1. The number of carbonyl (C=O) groups excluding carboxylic acids is 1. The predicted molar refractivity (Wildman–Crippen MR) is 92.7 cm³/mol. The van der Waals surface area contributed by atoms with Crippen LogP contribution in [0.2, 0.25) is 0 Å². The fraction of sp³-hybridized carbons (Fsp3) is 0.611. The van der Waals surface area contributed by atoms with Gasteiger partial charge >= 0.3 is 0 Å². The Bertz CT molecular complexity index is 775. The van der Waals surface area contributed by atoms with Gasteiger partial charge in [0.2, 0.25) is 15.9 Å². The van der Waals surface area contributed by atoms with E-state index < -0.39 is 10.0 Å². The van der Waals surface area contributed by atoms with E-state index in [2.05, 4.69) is 0 Å². The highest BCUT2D eigenvalue weighted by molar-refractivity contribution is 7.89. The van der Waals surface area contributed by atoms with E-state index >= 15 is 0 Å². The van der Waals surface area contributed by atoms with Crippen molar-refractivity contribution in [3.8, 4) is 5.75 Å². The van der Waals surface area contributed by atoms with E-state index in [0.717, 1.165) is 12.8 Å². The van der Waals surface area contributed by atoms with E-state index in [1.807, 2.05) is 4.90 Å². The molecule has 2 fully saturated rings. The molecule has 6 nitrogen and oxygen atoms in total. The lowest BCUT2D eigenvalue weighted by Crippen LogP contribution is -2.44. The van der Waals surface area contributed by atoms with Crippen molar-refractivity contribution in [1.82, 2.24) is 9.21 Å². The first-order valence-corrected chi connectivity index (χ1v) is 10.4. The van der Waals surface area contributed by atoms with E-state index in [9.17, 15) is 13.2 Å². The average molecular weight is 364 g/mol. The number of benzene rings is 1. The zero-order valence-electron chi connectivity index (χ0n) is 14.4. The van der Waals surface area contributed by atoms with Crippen LogP contribution in [0.4, 0.5) is 0 Å². The Morgan fingerprint density at radius 1 is 1.16 bits per heavy atom. The summed E-state index contributed by atoms with van der Waals surface area (Å²) in [7, 11) is -1.96. The summed E-state index contributed by atoms with van der Waals surface area (Å²) in [6, 6.07) is 6.56. The number of hydrogen-bond acceptors (Lipinski definition) is 4. The van der Waals surface area contributed by atoms with Gasteiger partial charge in [0.25, 0.3) is 0 Å². The fourth-order valence-electron chi connectivity index (χ4n) is 3.82. The van der Waals surface area contributed by atoms with E-state index in [1.54, 1.807) is 31.3 Å². The lowest BCUT2D eigenvalue weighted by atomic mass is 10.1. The van der Waals surface area contributed by atoms with Crippen LogP contribution in [0.25, 0.3) is 0 Å². The van der Waals surface area contributed by atoms with Gasteiger partial charge in [-0.15, -0.1) is 0 Å². The highest BCUT2D eigenvalue weighted by atomic mass is 32.2. The zero-order valence-corrected chi connectivity index (χ0v) is 15.2. The molecule has 136 valence electrons. The van der Waals surface area contributed by atoms with Gasteiger partial charge in [0, 0.05) is 33.0 Å². The molecule has 4 rings (SSSR count). The summed E-state index contributed by atoms with van der Waals surface area (Å²) < 4.78 is 33.4. The van der Waals surface area contributed by atoms with Gasteiger partial charge < -0.3 is 9.64 Å². The maximum atomic E-state index is 12.9. The zero-order chi connectivity index (χ0) is 17.6. The summed E-state index contributed by atoms with van der Waals surface area (Å²) in [5, 5.41) is 0. The molecule has 0 N–H and O–H groups in total. The van der Waals surface area contributed by atoms with E-state index in [4.69, 9.17) is 4.74 Å². The van der Waals surface area contributed by atoms with Gasteiger partial charge in [-0.3, -0.25) is 4.79 Å². The minimum absolute atomic E-state index is 0.199. The molecule has 0 spiro atoms. The molecular weight excluding hydrogens is 340 g/mol. The number of para-hydroxylation sites is 1. The van der Waals surface area contributed by atoms with E-state index in [0.29, 0.717) is 44.0 Å². The Balaban J connectivity index is 1.58. The van der Waals surface area contributed by atoms with Crippen LogP contribution >= 0.6 is 0 Å². The van der Waals surface area contributed by atoms with Crippen molar-refractivity contribution in [2.75, 3.05) is 20.1 Å². The number of nitrogens with zero attached hydrogens (tertiary/aromatic N) is 2. The number of likely N-dealkylation sites (tertiary alicyclic amines) is 1. The minimum atomic E-state index is -3.59. The third-order valence-corrected chi connectivity index (χ3v) is 7.49. The SMILES string of the molecule is CN1[C@@H]2CCN(C(=O)CC3CC3)CC[C@H]2Oc2ccccc2S1(=O)=O. The van der Waals surface area contributed by atoms with Crippen LogP contribution in [0.3, 0.4) is 0 Å². The molecule has 1 aromatic rings. The maximum absolute atomic E-state index is 12.9. The van der Waals surface area contributed by atoms with Crippen molar-refractivity contribution in [2.24, 2.45) is 5.92 Å². The smallest absolute Gasteiger partial charge is 0.246 e. The van der Waals surface area contributed by atoms with Crippen molar-refractivity contribution in [1.29, 1.82) is 0 Å². The molecule has 1 aromatic carbocycles. The molecule has 1 amide bonds. The van der Waals surface area contributed by atoms with E-state index in [1.165, 1.54) is 4.31 Å². The summed E-state index contributed by atoms with van der Waals surface area (Å²) in [5.74, 6) is 1.18. The third-order valence-electron chi connectivity index (χ3n) is 5.57. The minimum Gasteiger partial charge on any atom is -0.487 e. The summed E-state index contributed by atoms with van der Waals surface area (Å²) in [6.45, 7) is 1.22. The second-order valence-corrected chi connectivity index (χ2v) is 9.26. The molecule has 1 aliphatic carbocycles. The molecule has 1 saturated heterocycles. The van der Waals surface area contributed by atoms with Gasteiger partial charge in [-0.05, 0) is 37.3 Å². The topological polar surface area (TPSA) is 66.9 Å². The number of carbonyl (C=O) groups is 1. The monoisotopic (exact) mass is 364 g/mol. The van der Waals surface area contributed by atoms with Crippen molar-refractivity contribution in [2.45, 2.75) is 49.1 Å². The first-order valence-electron chi connectivity index (χ1n) is 8.98. The molecule has 0 radical (unpaired) electrons. The second-order valence-electron chi connectivity index (χ2n) is 7.30. The number of rotatable bonds is 2. The predicted octanol–water partition coefficient (Wildman–Crippen LogP) is 1.86. The summed E-state index contributed by atoms with van der Waals surface area (Å²) in [4.78, 5) is 14.6. The molecule has 0 bridgehead atoms. The Morgan fingerprint density at radius 2 is 1.88 bits per heavy atom. The third kappa shape index (κ3) is 3.15. The van der Waals surface area contributed by atoms with Crippen LogP contribution in [-0.4, -0.2) is 55.8 Å². The molecule has 0 aromatic heterocycles. The normalized spacial score (nSPS) is 28.9. The molecule has 2 aliphatic heterocycles. The van der Waals surface area contributed by atoms with Gasteiger partial charge in [0.05, 0.1) is 6.04 Å². The molecule has 2 atom stereocenters. The van der Waals surface area contributed by atoms with Gasteiger partial charge in [-0.1, -0.05) is 12.1 Å². The van der Waals surface area contributed by atoms with Crippen LogP contribution in [0.15, 0.2) is 29.2 Å². The number of fused-ring (bicyclic) bond motifs is 2.